The van der Waals surface area contributed by atoms with Crippen LogP contribution < -0.4 is 5.32 Å². The van der Waals surface area contributed by atoms with E-state index in [9.17, 15) is 17.6 Å². The molecule has 0 aliphatic rings. The van der Waals surface area contributed by atoms with Crippen molar-refractivity contribution in [2.75, 3.05) is 11.6 Å². The predicted molar refractivity (Wildman–Crippen MR) is 84.0 cm³/mol. The van der Waals surface area contributed by atoms with Crippen LogP contribution in [0.5, 0.6) is 0 Å². The summed E-state index contributed by atoms with van der Waals surface area (Å²) in [5.74, 6) is -1.28. The summed E-state index contributed by atoms with van der Waals surface area (Å²) in [6.45, 7) is 1.84. The molecule has 1 amide bonds. The molecule has 2 rings (SSSR count). The molecule has 0 saturated heterocycles. The first-order valence-electron chi connectivity index (χ1n) is 6.16. The van der Waals surface area contributed by atoms with Gasteiger partial charge in [-0.3, -0.25) is 4.79 Å². The third-order valence-electron chi connectivity index (χ3n) is 2.67. The van der Waals surface area contributed by atoms with Crippen molar-refractivity contribution in [1.29, 1.82) is 0 Å². The Hall–Kier alpha value is -2.06. The number of sulfone groups is 1. The molecular weight excluding hydrogens is 327 g/mol. The Morgan fingerprint density at radius 3 is 2.73 bits per heavy atom. The molecule has 0 atom stereocenters. The molecule has 22 heavy (non-hydrogen) atoms. The number of nitrogens with one attached hydrogen (secondary N) is 1. The molecule has 1 aromatic heterocycles. The van der Waals surface area contributed by atoms with Gasteiger partial charge in [0.15, 0.2) is 9.84 Å². The van der Waals surface area contributed by atoms with Gasteiger partial charge in [-0.05, 0) is 31.2 Å². The fraction of sp³-hybridized carbons (Fsp3) is 0.143. The number of nitrogens with zero attached hydrogens (tertiary/aromatic N) is 1. The predicted octanol–water partition coefficient (Wildman–Crippen LogP) is 2.65. The van der Waals surface area contributed by atoms with Crippen LogP contribution in [0.3, 0.4) is 0 Å². The fourth-order valence-electron chi connectivity index (χ4n) is 1.62. The monoisotopic (exact) mass is 340 g/mol. The molecule has 0 unspecified atom stereocenters. The summed E-state index contributed by atoms with van der Waals surface area (Å²) in [7, 11) is -3.47. The minimum atomic E-state index is -3.47. The number of benzene rings is 1. The zero-order chi connectivity index (χ0) is 16.3. The van der Waals surface area contributed by atoms with Gasteiger partial charge in [0, 0.05) is 17.7 Å². The third-order valence-corrected chi connectivity index (χ3v) is 4.57. The van der Waals surface area contributed by atoms with E-state index < -0.39 is 21.6 Å². The molecule has 1 N–H and O–H groups in total. The molecule has 0 fully saturated rings. The number of carbonyl (C=O) groups is 1. The van der Waals surface area contributed by atoms with Crippen LogP contribution in [0, 0.1) is 12.7 Å². The number of anilines is 1. The topological polar surface area (TPSA) is 76.1 Å². The van der Waals surface area contributed by atoms with Crippen molar-refractivity contribution < 1.29 is 17.6 Å². The smallest absolute Gasteiger partial charge is 0.248 e. The largest absolute Gasteiger partial charge is 0.320 e. The Balaban J connectivity index is 2.16. The number of aromatic nitrogens is 1. The molecule has 0 radical (unpaired) electrons. The number of carbonyl (C=O) groups excluding carboxylic acids is 1. The van der Waals surface area contributed by atoms with Crippen molar-refractivity contribution in [3.8, 4) is 0 Å². The maximum atomic E-state index is 13.6. The van der Waals surface area contributed by atoms with Crippen molar-refractivity contribution >= 4 is 38.8 Å². The summed E-state index contributed by atoms with van der Waals surface area (Å²) in [6.07, 6.45) is 3.72. The lowest BCUT2D eigenvalue weighted by Gasteiger charge is -2.06. The van der Waals surface area contributed by atoms with Crippen molar-refractivity contribution in [3.63, 3.8) is 0 Å². The number of aryl methyl sites for hydroxylation is 1. The van der Waals surface area contributed by atoms with E-state index in [0.717, 1.165) is 29.5 Å². The van der Waals surface area contributed by atoms with Crippen LogP contribution in [-0.2, 0) is 14.6 Å². The maximum Gasteiger partial charge on any atom is 0.248 e. The molecule has 116 valence electrons. The molecule has 1 aromatic carbocycles. The summed E-state index contributed by atoms with van der Waals surface area (Å²) < 4.78 is 36.5. The normalized spacial score (nSPS) is 11.8. The lowest BCUT2D eigenvalue weighted by atomic mass is 10.3. The fourth-order valence-corrected chi connectivity index (χ4v) is 2.85. The number of hydrogen-bond donors (Lipinski definition) is 1. The van der Waals surface area contributed by atoms with Gasteiger partial charge in [-0.25, -0.2) is 17.8 Å². The maximum absolute atomic E-state index is 13.6. The van der Waals surface area contributed by atoms with E-state index in [1.165, 1.54) is 23.5 Å². The summed E-state index contributed by atoms with van der Waals surface area (Å²) >= 11 is 1.45. The Morgan fingerprint density at radius 1 is 1.41 bits per heavy atom. The van der Waals surface area contributed by atoms with Crippen molar-refractivity contribution in [1.82, 2.24) is 4.98 Å². The number of thiazole rings is 1. The van der Waals surface area contributed by atoms with Crippen LogP contribution in [0.1, 0.15) is 10.7 Å². The van der Waals surface area contributed by atoms with Gasteiger partial charge in [-0.15, -0.1) is 11.3 Å². The van der Waals surface area contributed by atoms with E-state index in [2.05, 4.69) is 10.3 Å². The van der Waals surface area contributed by atoms with Crippen LogP contribution in [0.4, 0.5) is 10.1 Å². The van der Waals surface area contributed by atoms with Crippen LogP contribution in [0.15, 0.2) is 34.6 Å². The van der Waals surface area contributed by atoms with Crippen LogP contribution in [0.25, 0.3) is 6.08 Å². The summed E-state index contributed by atoms with van der Waals surface area (Å²) in [4.78, 5) is 15.9. The third kappa shape index (κ3) is 4.22. The second-order valence-corrected chi connectivity index (χ2v) is 7.61. The van der Waals surface area contributed by atoms with E-state index in [-0.39, 0.29) is 10.6 Å². The lowest BCUT2D eigenvalue weighted by Crippen LogP contribution is -2.10. The van der Waals surface area contributed by atoms with Gasteiger partial charge in [0.05, 0.1) is 21.3 Å². The first kappa shape index (κ1) is 16.3. The average Bonchev–Trinajstić information content (AvgIpc) is 2.83. The van der Waals surface area contributed by atoms with E-state index in [1.54, 1.807) is 5.38 Å². The van der Waals surface area contributed by atoms with Gasteiger partial charge < -0.3 is 5.32 Å². The van der Waals surface area contributed by atoms with Crippen molar-refractivity contribution in [2.45, 2.75) is 11.8 Å². The van der Waals surface area contributed by atoms with Gasteiger partial charge in [0.1, 0.15) is 5.82 Å². The molecule has 1 heterocycles. The van der Waals surface area contributed by atoms with Gasteiger partial charge in [0.2, 0.25) is 5.91 Å². The quantitative estimate of drug-likeness (QED) is 0.686. The molecule has 5 nitrogen and oxygen atoms in total. The van der Waals surface area contributed by atoms with Gasteiger partial charge in [0.25, 0.3) is 0 Å². The van der Waals surface area contributed by atoms with Gasteiger partial charge in [-0.2, -0.15) is 0 Å². The average molecular weight is 340 g/mol. The molecular formula is C14H13FN2O3S2. The molecule has 0 saturated carbocycles. The summed E-state index contributed by atoms with van der Waals surface area (Å²) in [5, 5.41) is 4.96. The highest BCUT2D eigenvalue weighted by Gasteiger charge is 2.12. The minimum absolute atomic E-state index is 0.0664. The first-order chi connectivity index (χ1) is 10.3. The van der Waals surface area contributed by atoms with E-state index in [1.807, 2.05) is 6.92 Å². The van der Waals surface area contributed by atoms with Crippen molar-refractivity contribution in [2.24, 2.45) is 0 Å². The standard InChI is InChI=1S/C14H13FN2O3S2/c1-9-16-10(8-21-9)3-6-14(18)17-13-7-11(22(2,19)20)4-5-12(13)15/h3-8H,1-2H3,(H,17,18)/b6-3+. The Labute approximate surface area is 131 Å². The van der Waals surface area contributed by atoms with Gasteiger partial charge in [-0.1, -0.05) is 0 Å². The number of hydrogen-bond acceptors (Lipinski definition) is 5. The second kappa shape index (κ2) is 6.37. The Kier molecular flexibility index (Phi) is 4.72. The van der Waals surface area contributed by atoms with Crippen LogP contribution in [-0.4, -0.2) is 25.6 Å². The highest BCUT2D eigenvalue weighted by atomic mass is 32.2. The zero-order valence-electron chi connectivity index (χ0n) is 11.8. The van der Waals surface area contributed by atoms with E-state index in [4.69, 9.17) is 0 Å². The van der Waals surface area contributed by atoms with Gasteiger partial charge >= 0.3 is 0 Å². The van der Waals surface area contributed by atoms with Crippen molar-refractivity contribution in [3.05, 3.63) is 46.2 Å². The Morgan fingerprint density at radius 2 is 2.14 bits per heavy atom. The van der Waals surface area contributed by atoms with E-state index in [0.29, 0.717) is 5.69 Å². The molecule has 0 spiro atoms. The number of rotatable bonds is 4. The summed E-state index contributed by atoms with van der Waals surface area (Å²) in [6, 6.07) is 3.23. The minimum Gasteiger partial charge on any atom is -0.320 e. The Bertz CT molecular complexity index is 842. The molecule has 0 aliphatic carbocycles. The molecule has 0 aliphatic heterocycles. The van der Waals surface area contributed by atoms with Crippen LogP contribution in [0.2, 0.25) is 0 Å². The zero-order valence-corrected chi connectivity index (χ0v) is 13.5. The molecule has 0 bridgehead atoms. The number of halogens is 1. The summed E-state index contributed by atoms with van der Waals surface area (Å²) in [5.41, 5.74) is 0.440. The lowest BCUT2D eigenvalue weighted by molar-refractivity contribution is -0.111. The molecule has 2 aromatic rings. The molecule has 8 heteroatoms. The first-order valence-corrected chi connectivity index (χ1v) is 8.93. The second-order valence-electron chi connectivity index (χ2n) is 4.53. The number of amides is 1. The van der Waals surface area contributed by atoms with E-state index >= 15 is 0 Å². The highest BCUT2D eigenvalue weighted by Crippen LogP contribution is 2.19. The SMILES string of the molecule is Cc1nc(/C=C/C(=O)Nc2cc(S(C)(=O)=O)ccc2F)cs1. The van der Waals surface area contributed by atoms with Crippen LogP contribution >= 0.6 is 11.3 Å². The highest BCUT2D eigenvalue weighted by molar-refractivity contribution is 7.90.